The second kappa shape index (κ2) is 19.9. The van der Waals surface area contributed by atoms with Crippen LogP contribution in [0.25, 0.3) is 0 Å². The number of aryl methyl sites for hydroxylation is 1. The summed E-state index contributed by atoms with van der Waals surface area (Å²) in [6, 6.07) is 5.28. The normalized spacial score (nSPS) is 17.9. The summed E-state index contributed by atoms with van der Waals surface area (Å²) in [5.74, 6) is -1.84. The summed E-state index contributed by atoms with van der Waals surface area (Å²) >= 11 is 11.8. The Bertz CT molecular complexity index is 1270. The zero-order chi connectivity index (χ0) is 35.1. The number of rotatable bonds is 19. The number of nitrogens with two attached hydrogens (primary N) is 2. The van der Waals surface area contributed by atoms with Gasteiger partial charge in [-0.05, 0) is 69.1 Å². The van der Waals surface area contributed by atoms with Crippen LogP contribution >= 0.6 is 23.2 Å². The molecule has 0 bridgehead atoms. The van der Waals surface area contributed by atoms with Crippen molar-refractivity contribution in [2.75, 3.05) is 55.9 Å². The van der Waals surface area contributed by atoms with Gasteiger partial charge in [0.1, 0.15) is 18.1 Å². The first-order chi connectivity index (χ1) is 23.0. The minimum absolute atomic E-state index is 0.0984. The smallest absolute Gasteiger partial charge is 0.326 e. The van der Waals surface area contributed by atoms with Gasteiger partial charge in [-0.2, -0.15) is 0 Å². The van der Waals surface area contributed by atoms with Gasteiger partial charge in [-0.3, -0.25) is 24.2 Å². The third-order valence-corrected chi connectivity index (χ3v) is 8.91. The molecule has 0 unspecified atom stereocenters. The lowest BCUT2D eigenvalue weighted by Crippen LogP contribution is -2.56. The van der Waals surface area contributed by atoms with Crippen LogP contribution < -0.4 is 27.0 Å². The van der Waals surface area contributed by atoms with E-state index >= 15 is 0 Å². The van der Waals surface area contributed by atoms with Crippen LogP contribution in [0.2, 0.25) is 0 Å². The van der Waals surface area contributed by atoms with E-state index in [9.17, 15) is 29.1 Å². The molecule has 14 nitrogen and oxygen atoms in total. The number of carbonyl (C=O) groups is 5. The van der Waals surface area contributed by atoms with Crippen LogP contribution in [0.15, 0.2) is 29.3 Å². The van der Waals surface area contributed by atoms with Crippen LogP contribution in [-0.2, 0) is 30.4 Å². The molecule has 4 amide bonds. The van der Waals surface area contributed by atoms with Crippen LogP contribution in [0.5, 0.6) is 0 Å². The van der Waals surface area contributed by atoms with Gasteiger partial charge in [-0.25, -0.2) is 4.79 Å². The summed E-state index contributed by atoms with van der Waals surface area (Å²) in [6.45, 7) is 2.00. The van der Waals surface area contributed by atoms with Gasteiger partial charge in [-0.15, -0.1) is 23.2 Å². The third-order valence-electron chi connectivity index (χ3n) is 8.57. The Morgan fingerprint density at radius 3 is 2.23 bits per heavy atom. The molecule has 0 spiro atoms. The van der Waals surface area contributed by atoms with Crippen LogP contribution in [0.1, 0.15) is 56.9 Å². The van der Waals surface area contributed by atoms with Crippen molar-refractivity contribution in [3.63, 3.8) is 0 Å². The van der Waals surface area contributed by atoms with Crippen LogP contribution in [0.4, 0.5) is 5.69 Å². The number of carboxylic acids is 1. The molecule has 2 aliphatic heterocycles. The van der Waals surface area contributed by atoms with Gasteiger partial charge in [0.2, 0.25) is 23.6 Å². The number of guanidine groups is 1. The summed E-state index contributed by atoms with van der Waals surface area (Å²) in [4.78, 5) is 72.9. The predicted molar refractivity (Wildman–Crippen MR) is 185 cm³/mol. The average Bonchev–Trinajstić information content (AvgIpc) is 3.76. The summed E-state index contributed by atoms with van der Waals surface area (Å²) in [6.07, 6.45) is 3.95. The molecule has 1 aromatic carbocycles. The average molecular weight is 712 g/mol. The van der Waals surface area contributed by atoms with E-state index in [4.69, 9.17) is 34.7 Å². The number of likely N-dealkylation sites (tertiary alicyclic amines) is 2. The lowest BCUT2D eigenvalue weighted by atomic mass is 10.1. The Morgan fingerprint density at radius 1 is 0.958 bits per heavy atom. The maximum Gasteiger partial charge on any atom is 0.326 e. The number of hydrogen-bond acceptors (Lipinski definition) is 7. The standard InChI is InChI=1S/C32H48Cl2N8O6/c33-14-19-40(20-15-34)23-12-10-22(11-13-23)5-1-9-27(43)38-21-28(44)41-17-3-7-25(41)29(45)39-24(6-2-16-37-32(35)36)30(46)42-18-4-8-26(42)31(47)48/h10-13,24-26H,1-9,14-21H2,(H,38,43)(H,39,45)(H,47,48)(H4,35,36,37)/t24-,25-,26-/m0/s1. The van der Waals surface area contributed by atoms with E-state index in [0.29, 0.717) is 76.3 Å². The zero-order valence-corrected chi connectivity index (χ0v) is 28.8. The SMILES string of the molecule is NC(N)=NCCC[C@H](NC(=O)[C@@H]1CCCN1C(=O)CNC(=O)CCCc1ccc(N(CCCl)CCCl)cc1)C(=O)N1CCC[C@H]1C(=O)O. The molecule has 0 aromatic heterocycles. The minimum atomic E-state index is -1.09. The molecule has 2 saturated heterocycles. The number of aliphatic imine (C=N–C) groups is 1. The molecule has 7 N–H and O–H groups in total. The lowest BCUT2D eigenvalue weighted by molar-refractivity contribution is -0.149. The number of hydrogen-bond donors (Lipinski definition) is 5. The summed E-state index contributed by atoms with van der Waals surface area (Å²) in [5, 5.41) is 15.0. The number of alkyl halides is 2. The van der Waals surface area contributed by atoms with Crippen molar-refractivity contribution in [3.05, 3.63) is 29.8 Å². The van der Waals surface area contributed by atoms with Crippen molar-refractivity contribution in [1.82, 2.24) is 20.4 Å². The van der Waals surface area contributed by atoms with Crippen LogP contribution in [-0.4, -0.2) is 120 Å². The number of halogens is 2. The number of anilines is 1. The van der Waals surface area contributed by atoms with E-state index in [0.717, 1.165) is 11.3 Å². The molecular weight excluding hydrogens is 663 g/mol. The number of benzene rings is 1. The Balaban J connectivity index is 1.50. The monoisotopic (exact) mass is 710 g/mol. The molecule has 0 aliphatic carbocycles. The van der Waals surface area contributed by atoms with Crippen molar-refractivity contribution in [2.45, 2.75) is 75.9 Å². The van der Waals surface area contributed by atoms with E-state index in [1.807, 2.05) is 24.3 Å². The molecule has 48 heavy (non-hydrogen) atoms. The molecule has 2 fully saturated rings. The second-order valence-corrected chi connectivity index (χ2v) is 12.7. The Morgan fingerprint density at radius 2 is 1.60 bits per heavy atom. The number of nitrogens with zero attached hydrogens (tertiary/aromatic N) is 4. The molecule has 0 saturated carbocycles. The Kier molecular flexibility index (Phi) is 16.0. The summed E-state index contributed by atoms with van der Waals surface area (Å²) in [5.41, 5.74) is 12.9. The first-order valence-corrected chi connectivity index (χ1v) is 17.5. The highest BCUT2D eigenvalue weighted by molar-refractivity contribution is 6.18. The highest BCUT2D eigenvalue weighted by Crippen LogP contribution is 2.22. The molecule has 1 aromatic rings. The number of carboxylic acid groups (broad SMARTS) is 1. The number of carbonyl (C=O) groups excluding carboxylic acids is 4. The maximum absolute atomic E-state index is 13.4. The van der Waals surface area contributed by atoms with Gasteiger partial charge < -0.3 is 41.9 Å². The molecule has 2 heterocycles. The number of nitrogens with one attached hydrogen (secondary N) is 2. The van der Waals surface area contributed by atoms with Gasteiger partial charge in [-0.1, -0.05) is 12.1 Å². The first kappa shape index (κ1) is 38.7. The van der Waals surface area contributed by atoms with Crippen molar-refractivity contribution >= 4 is 64.4 Å². The minimum Gasteiger partial charge on any atom is -0.480 e. The molecular formula is C32H48Cl2N8O6. The first-order valence-electron chi connectivity index (χ1n) is 16.5. The quantitative estimate of drug-likeness (QED) is 0.0601. The van der Waals surface area contributed by atoms with Crippen LogP contribution in [0.3, 0.4) is 0 Å². The fraction of sp³-hybridized carbons (Fsp3) is 0.625. The second-order valence-electron chi connectivity index (χ2n) is 11.9. The van der Waals surface area contributed by atoms with Gasteiger partial charge in [0, 0.05) is 56.6 Å². The third kappa shape index (κ3) is 11.7. The molecule has 3 rings (SSSR count). The lowest BCUT2D eigenvalue weighted by Gasteiger charge is -2.30. The van der Waals surface area contributed by atoms with E-state index in [1.165, 1.54) is 9.80 Å². The Hall–Kier alpha value is -3.78. The predicted octanol–water partition coefficient (Wildman–Crippen LogP) is 1.01. The number of aliphatic carboxylic acids is 1. The van der Waals surface area contributed by atoms with Gasteiger partial charge in [0.05, 0.1) is 6.54 Å². The van der Waals surface area contributed by atoms with E-state index < -0.39 is 41.8 Å². The number of amides is 4. The zero-order valence-electron chi connectivity index (χ0n) is 27.3. The fourth-order valence-electron chi connectivity index (χ4n) is 6.12. The maximum atomic E-state index is 13.4. The fourth-order valence-corrected chi connectivity index (χ4v) is 6.53. The van der Waals surface area contributed by atoms with Crippen molar-refractivity contribution in [2.24, 2.45) is 16.5 Å². The van der Waals surface area contributed by atoms with E-state index in [-0.39, 0.29) is 44.3 Å². The molecule has 266 valence electrons. The van der Waals surface area contributed by atoms with E-state index in [1.54, 1.807) is 0 Å². The molecule has 0 radical (unpaired) electrons. The van der Waals surface area contributed by atoms with Crippen molar-refractivity contribution in [3.8, 4) is 0 Å². The molecule has 3 atom stereocenters. The van der Waals surface area contributed by atoms with E-state index in [2.05, 4.69) is 20.5 Å². The topological polar surface area (TPSA) is 204 Å². The molecule has 16 heteroatoms. The van der Waals surface area contributed by atoms with Gasteiger partial charge >= 0.3 is 5.97 Å². The van der Waals surface area contributed by atoms with Gasteiger partial charge in [0.25, 0.3) is 0 Å². The summed E-state index contributed by atoms with van der Waals surface area (Å²) in [7, 11) is 0. The van der Waals surface area contributed by atoms with Crippen molar-refractivity contribution < 1.29 is 29.1 Å². The Labute approximate surface area is 291 Å². The molecule has 2 aliphatic rings. The highest BCUT2D eigenvalue weighted by atomic mass is 35.5. The van der Waals surface area contributed by atoms with Gasteiger partial charge in [0.15, 0.2) is 5.96 Å². The van der Waals surface area contributed by atoms with Crippen LogP contribution in [0, 0.1) is 0 Å². The van der Waals surface area contributed by atoms with Crippen molar-refractivity contribution in [1.29, 1.82) is 0 Å². The highest BCUT2D eigenvalue weighted by Gasteiger charge is 2.40. The summed E-state index contributed by atoms with van der Waals surface area (Å²) < 4.78 is 0. The largest absolute Gasteiger partial charge is 0.480 e.